The van der Waals surface area contributed by atoms with E-state index in [0.29, 0.717) is 25.3 Å². The molecule has 1 aliphatic rings. The molecule has 2 N–H and O–H groups in total. The molecule has 0 bridgehead atoms. The second-order valence-corrected chi connectivity index (χ2v) is 7.98. The van der Waals surface area contributed by atoms with Crippen molar-refractivity contribution in [3.63, 3.8) is 0 Å². The average molecular weight is 335 g/mol. The third kappa shape index (κ3) is 3.92. The zero-order chi connectivity index (χ0) is 16.4. The van der Waals surface area contributed by atoms with E-state index >= 15 is 0 Å². The molecule has 1 saturated heterocycles. The third-order valence-corrected chi connectivity index (χ3v) is 4.89. The Balaban J connectivity index is 1.69. The van der Waals surface area contributed by atoms with E-state index in [9.17, 15) is 13.2 Å². The molecule has 0 saturated carbocycles. The van der Waals surface area contributed by atoms with E-state index in [-0.39, 0.29) is 11.8 Å². The lowest BCUT2D eigenvalue weighted by Crippen LogP contribution is -2.43. The maximum Gasteiger partial charge on any atom is 0.270 e. The number of likely N-dealkylation sites (tertiary alicyclic amines) is 1. The summed E-state index contributed by atoms with van der Waals surface area (Å²) in [5, 5.41) is 1.02. The zero-order valence-corrected chi connectivity index (χ0v) is 13.9. The highest BCUT2D eigenvalue weighted by Crippen LogP contribution is 2.20. The SMILES string of the molecule is CS(=O)(=O)NC[C@H]1CCCN(C(=O)c2cc3ccccc3[nH]2)C1. The van der Waals surface area contributed by atoms with Gasteiger partial charge in [-0.25, -0.2) is 13.1 Å². The van der Waals surface area contributed by atoms with Gasteiger partial charge < -0.3 is 9.88 Å². The Labute approximate surface area is 135 Å². The molecule has 7 heteroatoms. The van der Waals surface area contributed by atoms with Gasteiger partial charge in [0.05, 0.1) is 6.26 Å². The molecule has 23 heavy (non-hydrogen) atoms. The van der Waals surface area contributed by atoms with Crippen molar-refractivity contribution < 1.29 is 13.2 Å². The fourth-order valence-electron chi connectivity index (χ4n) is 3.04. The molecular weight excluding hydrogens is 314 g/mol. The second-order valence-electron chi connectivity index (χ2n) is 6.15. The molecule has 1 fully saturated rings. The van der Waals surface area contributed by atoms with Crippen LogP contribution in [0.2, 0.25) is 0 Å². The topological polar surface area (TPSA) is 82.3 Å². The van der Waals surface area contributed by atoms with Crippen LogP contribution in [0.3, 0.4) is 0 Å². The fraction of sp³-hybridized carbons (Fsp3) is 0.438. The summed E-state index contributed by atoms with van der Waals surface area (Å²) in [4.78, 5) is 17.6. The van der Waals surface area contributed by atoms with Crippen molar-refractivity contribution in [2.75, 3.05) is 25.9 Å². The van der Waals surface area contributed by atoms with Crippen LogP contribution in [0, 0.1) is 5.92 Å². The van der Waals surface area contributed by atoms with E-state index in [0.717, 1.165) is 30.0 Å². The molecule has 3 rings (SSSR count). The van der Waals surface area contributed by atoms with Crippen LogP contribution in [-0.2, 0) is 10.0 Å². The van der Waals surface area contributed by atoms with E-state index < -0.39 is 10.0 Å². The number of benzene rings is 1. The second kappa shape index (κ2) is 6.33. The monoisotopic (exact) mass is 335 g/mol. The quantitative estimate of drug-likeness (QED) is 0.890. The first kappa shape index (κ1) is 16.0. The minimum absolute atomic E-state index is 0.0229. The van der Waals surface area contributed by atoms with Gasteiger partial charge in [0, 0.05) is 30.5 Å². The molecule has 6 nitrogen and oxygen atoms in total. The third-order valence-electron chi connectivity index (χ3n) is 4.20. The molecule has 0 aliphatic carbocycles. The predicted octanol–water partition coefficient (Wildman–Crippen LogP) is 1.57. The number of rotatable bonds is 4. The van der Waals surface area contributed by atoms with E-state index in [1.54, 1.807) is 0 Å². The molecule has 0 spiro atoms. The molecule has 1 aliphatic heterocycles. The number of fused-ring (bicyclic) bond motifs is 1. The number of hydrogen-bond donors (Lipinski definition) is 2. The van der Waals surface area contributed by atoms with Gasteiger partial charge in [-0.3, -0.25) is 4.79 Å². The molecule has 1 amide bonds. The standard InChI is InChI=1S/C16H21N3O3S/c1-23(21,22)17-10-12-5-4-8-19(11-12)16(20)15-9-13-6-2-3-7-14(13)18-15/h2-3,6-7,9,12,17-18H,4-5,8,10-11H2,1H3/t12-/m1/s1. The Morgan fingerprint density at radius 3 is 2.91 bits per heavy atom. The number of carbonyl (C=O) groups is 1. The highest BCUT2D eigenvalue weighted by atomic mass is 32.2. The van der Waals surface area contributed by atoms with Gasteiger partial charge in [-0.2, -0.15) is 0 Å². The van der Waals surface area contributed by atoms with Crippen LogP contribution in [0.1, 0.15) is 23.3 Å². The summed E-state index contributed by atoms with van der Waals surface area (Å²) in [6, 6.07) is 9.66. The minimum Gasteiger partial charge on any atom is -0.351 e. The highest BCUT2D eigenvalue weighted by Gasteiger charge is 2.25. The molecule has 2 heterocycles. The maximum atomic E-state index is 12.7. The summed E-state index contributed by atoms with van der Waals surface area (Å²) in [6.45, 7) is 1.68. The van der Waals surface area contributed by atoms with Crippen molar-refractivity contribution in [2.24, 2.45) is 5.92 Å². The summed E-state index contributed by atoms with van der Waals surface area (Å²) in [5.74, 6) is 0.136. The van der Waals surface area contributed by atoms with Crippen LogP contribution < -0.4 is 4.72 Å². The van der Waals surface area contributed by atoms with Crippen LogP contribution in [0.25, 0.3) is 10.9 Å². The molecule has 1 atom stereocenters. The molecule has 0 radical (unpaired) electrons. The van der Waals surface area contributed by atoms with Crippen LogP contribution in [0.15, 0.2) is 30.3 Å². The Kier molecular flexibility index (Phi) is 4.41. The average Bonchev–Trinajstić information content (AvgIpc) is 2.96. The lowest BCUT2D eigenvalue weighted by atomic mass is 9.98. The van der Waals surface area contributed by atoms with E-state index in [1.807, 2.05) is 35.2 Å². The lowest BCUT2D eigenvalue weighted by Gasteiger charge is -2.32. The van der Waals surface area contributed by atoms with Crippen molar-refractivity contribution in [1.29, 1.82) is 0 Å². The fourth-order valence-corrected chi connectivity index (χ4v) is 3.58. The summed E-state index contributed by atoms with van der Waals surface area (Å²) < 4.78 is 25.0. The molecule has 2 aromatic rings. The first-order chi connectivity index (χ1) is 10.9. The number of sulfonamides is 1. The highest BCUT2D eigenvalue weighted by molar-refractivity contribution is 7.88. The van der Waals surface area contributed by atoms with Gasteiger partial charge in [-0.05, 0) is 30.9 Å². The Morgan fingerprint density at radius 1 is 1.39 bits per heavy atom. The van der Waals surface area contributed by atoms with Gasteiger partial charge in [0.25, 0.3) is 5.91 Å². The van der Waals surface area contributed by atoms with Gasteiger partial charge in [0.2, 0.25) is 10.0 Å². The van der Waals surface area contributed by atoms with Gasteiger partial charge in [-0.1, -0.05) is 18.2 Å². The van der Waals surface area contributed by atoms with Gasteiger partial charge in [0.1, 0.15) is 5.69 Å². The van der Waals surface area contributed by atoms with Crippen LogP contribution in [0.4, 0.5) is 0 Å². The number of H-pyrrole nitrogens is 1. The van der Waals surface area contributed by atoms with Crippen molar-refractivity contribution >= 4 is 26.8 Å². The van der Waals surface area contributed by atoms with Gasteiger partial charge >= 0.3 is 0 Å². The summed E-state index contributed by atoms with van der Waals surface area (Å²) in [5.41, 5.74) is 1.53. The predicted molar refractivity (Wildman–Crippen MR) is 89.8 cm³/mol. The van der Waals surface area contributed by atoms with Crippen LogP contribution in [-0.4, -0.2) is 50.1 Å². The van der Waals surface area contributed by atoms with Crippen molar-refractivity contribution in [3.8, 4) is 0 Å². The number of para-hydroxylation sites is 1. The Hall–Kier alpha value is -1.86. The molecule has 0 unspecified atom stereocenters. The van der Waals surface area contributed by atoms with E-state index in [4.69, 9.17) is 0 Å². The largest absolute Gasteiger partial charge is 0.351 e. The van der Waals surface area contributed by atoms with Crippen molar-refractivity contribution in [3.05, 3.63) is 36.0 Å². The first-order valence-corrected chi connectivity index (χ1v) is 9.63. The number of nitrogens with one attached hydrogen (secondary N) is 2. The van der Waals surface area contributed by atoms with Crippen LogP contribution in [0.5, 0.6) is 0 Å². The number of aromatic amines is 1. The number of hydrogen-bond acceptors (Lipinski definition) is 3. The summed E-state index contributed by atoms with van der Waals surface area (Å²) in [7, 11) is -3.19. The number of amides is 1. The lowest BCUT2D eigenvalue weighted by molar-refractivity contribution is 0.0671. The molecule has 124 valence electrons. The van der Waals surface area contributed by atoms with Gasteiger partial charge in [0.15, 0.2) is 0 Å². The number of piperidine rings is 1. The zero-order valence-electron chi connectivity index (χ0n) is 13.1. The van der Waals surface area contributed by atoms with Crippen molar-refractivity contribution in [2.45, 2.75) is 12.8 Å². The van der Waals surface area contributed by atoms with E-state index in [2.05, 4.69) is 9.71 Å². The number of carbonyl (C=O) groups excluding carboxylic acids is 1. The number of nitrogens with zero attached hydrogens (tertiary/aromatic N) is 1. The summed E-state index contributed by atoms with van der Waals surface area (Å²) >= 11 is 0. The minimum atomic E-state index is -3.19. The van der Waals surface area contributed by atoms with Crippen LogP contribution >= 0.6 is 0 Å². The Morgan fingerprint density at radius 2 is 2.17 bits per heavy atom. The molecular formula is C16H21N3O3S. The smallest absolute Gasteiger partial charge is 0.270 e. The Bertz CT molecular complexity index is 780. The summed E-state index contributed by atoms with van der Waals surface area (Å²) in [6.07, 6.45) is 2.98. The van der Waals surface area contributed by atoms with Crippen molar-refractivity contribution in [1.82, 2.24) is 14.6 Å². The first-order valence-electron chi connectivity index (χ1n) is 7.74. The molecule has 1 aromatic heterocycles. The number of aromatic nitrogens is 1. The normalized spacial score (nSPS) is 19.2. The molecule has 1 aromatic carbocycles. The maximum absolute atomic E-state index is 12.7. The van der Waals surface area contributed by atoms with E-state index in [1.165, 1.54) is 0 Å². The van der Waals surface area contributed by atoms with Gasteiger partial charge in [-0.15, -0.1) is 0 Å².